The van der Waals surface area contributed by atoms with Gasteiger partial charge in [0.15, 0.2) is 11.4 Å². The number of aliphatic hydroxyl groups is 1. The molecule has 0 radical (unpaired) electrons. The fraction of sp³-hybridized carbons (Fsp3) is 0.393. The topological polar surface area (TPSA) is 74.9 Å². The fourth-order valence-corrected chi connectivity index (χ4v) is 4.60. The summed E-state index contributed by atoms with van der Waals surface area (Å²) in [5.41, 5.74) is -3.15. The third-order valence-corrected chi connectivity index (χ3v) is 6.47. The number of amides is 1. The standard InChI is InChI=1S/C28H32F4N2O4/c1-19-8-5-6-9-22(19)34(14-13-33-25(35)24-10-7-15-38-24)18-27(36,28(30,31)32)17-26(2,3)21-16-20(29)11-12-23(21)37-4/h5-12,15-16,36H,13-14,17-18H2,1-4H3,(H,33,35). The van der Waals surface area contributed by atoms with Gasteiger partial charge in [-0.05, 0) is 60.7 Å². The number of nitrogens with one attached hydrogen (secondary N) is 1. The van der Waals surface area contributed by atoms with Gasteiger partial charge in [-0.15, -0.1) is 0 Å². The van der Waals surface area contributed by atoms with Crippen molar-refractivity contribution in [3.63, 3.8) is 0 Å². The van der Waals surface area contributed by atoms with Gasteiger partial charge >= 0.3 is 6.18 Å². The third kappa shape index (κ3) is 6.66. The number of alkyl halides is 3. The maximum Gasteiger partial charge on any atom is 0.418 e. The molecule has 0 aliphatic rings. The van der Waals surface area contributed by atoms with Crippen LogP contribution in [0.3, 0.4) is 0 Å². The van der Waals surface area contributed by atoms with Gasteiger partial charge < -0.3 is 24.5 Å². The summed E-state index contributed by atoms with van der Waals surface area (Å²) in [5.74, 6) is -0.842. The molecule has 1 heterocycles. The lowest BCUT2D eigenvalue weighted by atomic mass is 9.74. The van der Waals surface area contributed by atoms with Crippen LogP contribution in [-0.2, 0) is 5.41 Å². The van der Waals surface area contributed by atoms with E-state index in [1.165, 1.54) is 44.3 Å². The number of para-hydroxylation sites is 1. The smallest absolute Gasteiger partial charge is 0.418 e. The zero-order valence-electron chi connectivity index (χ0n) is 21.7. The zero-order chi connectivity index (χ0) is 28.1. The van der Waals surface area contributed by atoms with Crippen molar-refractivity contribution in [3.8, 4) is 5.75 Å². The number of hydrogen-bond acceptors (Lipinski definition) is 5. The first-order valence-corrected chi connectivity index (χ1v) is 12.0. The highest BCUT2D eigenvalue weighted by Crippen LogP contribution is 2.44. The highest BCUT2D eigenvalue weighted by Gasteiger charge is 2.57. The zero-order valence-corrected chi connectivity index (χ0v) is 21.7. The first-order chi connectivity index (χ1) is 17.8. The SMILES string of the molecule is COc1ccc(F)cc1C(C)(C)CC(O)(CN(CCNC(=O)c1ccco1)c1ccccc1C)C(F)(F)F. The number of carbonyl (C=O) groups is 1. The normalized spacial score (nSPS) is 13.6. The van der Waals surface area contributed by atoms with E-state index in [9.17, 15) is 27.5 Å². The maximum absolute atomic E-state index is 14.6. The largest absolute Gasteiger partial charge is 0.496 e. The number of anilines is 1. The Balaban J connectivity index is 1.92. The lowest BCUT2D eigenvalue weighted by molar-refractivity contribution is -0.262. The summed E-state index contributed by atoms with van der Waals surface area (Å²) in [7, 11) is 1.35. The summed E-state index contributed by atoms with van der Waals surface area (Å²) < 4.78 is 68.1. The number of halogens is 4. The molecule has 10 heteroatoms. The van der Waals surface area contributed by atoms with Crippen LogP contribution in [0.1, 0.15) is 41.9 Å². The van der Waals surface area contributed by atoms with Crippen LogP contribution in [0.2, 0.25) is 0 Å². The van der Waals surface area contributed by atoms with Crippen LogP contribution < -0.4 is 15.0 Å². The second-order valence-electron chi connectivity index (χ2n) is 9.88. The minimum atomic E-state index is -5.02. The molecule has 38 heavy (non-hydrogen) atoms. The number of carbonyl (C=O) groups excluding carboxylic acids is 1. The van der Waals surface area contributed by atoms with E-state index in [-0.39, 0.29) is 30.2 Å². The molecule has 0 aliphatic carbocycles. The molecular formula is C28H32F4N2O4. The molecule has 0 spiro atoms. The number of hydrogen-bond donors (Lipinski definition) is 2. The molecule has 206 valence electrons. The van der Waals surface area contributed by atoms with Crippen molar-refractivity contribution in [1.82, 2.24) is 5.32 Å². The van der Waals surface area contributed by atoms with Gasteiger partial charge in [-0.2, -0.15) is 13.2 Å². The molecule has 6 nitrogen and oxygen atoms in total. The molecule has 0 fully saturated rings. The number of aryl methyl sites for hydroxylation is 1. The predicted molar refractivity (Wildman–Crippen MR) is 136 cm³/mol. The summed E-state index contributed by atoms with van der Waals surface area (Å²) >= 11 is 0. The van der Waals surface area contributed by atoms with Crippen molar-refractivity contribution >= 4 is 11.6 Å². The monoisotopic (exact) mass is 536 g/mol. The Kier molecular flexibility index (Phi) is 8.76. The predicted octanol–water partition coefficient (Wildman–Crippen LogP) is 5.63. The van der Waals surface area contributed by atoms with Gasteiger partial charge in [-0.25, -0.2) is 4.39 Å². The van der Waals surface area contributed by atoms with Gasteiger partial charge in [0.2, 0.25) is 0 Å². The number of ether oxygens (including phenoxy) is 1. The molecule has 1 unspecified atom stereocenters. The van der Waals surface area contributed by atoms with E-state index in [0.717, 1.165) is 12.1 Å². The van der Waals surface area contributed by atoms with E-state index >= 15 is 0 Å². The van der Waals surface area contributed by atoms with Crippen LogP contribution in [0.25, 0.3) is 0 Å². The van der Waals surface area contributed by atoms with Crippen molar-refractivity contribution in [3.05, 3.63) is 83.6 Å². The Morgan fingerprint density at radius 2 is 1.82 bits per heavy atom. The molecule has 0 saturated heterocycles. The Bertz CT molecular complexity index is 1230. The molecule has 0 aliphatic heterocycles. The van der Waals surface area contributed by atoms with Gasteiger partial charge in [-0.1, -0.05) is 32.0 Å². The molecule has 1 amide bonds. The molecular weight excluding hydrogens is 504 g/mol. The highest BCUT2D eigenvalue weighted by molar-refractivity contribution is 5.91. The van der Waals surface area contributed by atoms with Gasteiger partial charge in [0.05, 0.1) is 19.9 Å². The fourth-order valence-electron chi connectivity index (χ4n) is 4.60. The molecule has 0 saturated carbocycles. The first-order valence-electron chi connectivity index (χ1n) is 12.0. The van der Waals surface area contributed by atoms with Crippen molar-refractivity contribution in [1.29, 1.82) is 0 Å². The van der Waals surface area contributed by atoms with Gasteiger partial charge in [-0.3, -0.25) is 4.79 Å². The van der Waals surface area contributed by atoms with Crippen LogP contribution in [0.4, 0.5) is 23.2 Å². The molecule has 1 atom stereocenters. The summed E-state index contributed by atoms with van der Waals surface area (Å²) in [4.78, 5) is 13.7. The van der Waals surface area contributed by atoms with E-state index in [0.29, 0.717) is 11.3 Å². The van der Waals surface area contributed by atoms with Crippen molar-refractivity contribution < 1.29 is 36.6 Å². The van der Waals surface area contributed by atoms with Gasteiger partial charge in [0, 0.05) is 24.3 Å². The molecule has 2 aromatic carbocycles. The molecule has 3 aromatic rings. The van der Waals surface area contributed by atoms with Crippen LogP contribution in [0, 0.1) is 12.7 Å². The first kappa shape index (κ1) is 29.0. The second-order valence-corrected chi connectivity index (χ2v) is 9.88. The summed E-state index contributed by atoms with van der Waals surface area (Å²) in [6.07, 6.45) is -4.46. The average Bonchev–Trinajstić information content (AvgIpc) is 3.38. The Labute approximate surface area is 219 Å². The number of furan rings is 1. The maximum atomic E-state index is 14.6. The summed E-state index contributed by atoms with van der Waals surface area (Å²) in [6, 6.07) is 13.5. The minimum Gasteiger partial charge on any atom is -0.496 e. The Morgan fingerprint density at radius 1 is 1.11 bits per heavy atom. The number of benzene rings is 2. The number of rotatable bonds is 11. The van der Waals surface area contributed by atoms with Crippen LogP contribution in [-0.4, -0.2) is 49.5 Å². The van der Waals surface area contributed by atoms with E-state index in [1.54, 1.807) is 37.3 Å². The minimum absolute atomic E-state index is 0.0110. The quantitative estimate of drug-likeness (QED) is 0.311. The van der Waals surface area contributed by atoms with E-state index in [2.05, 4.69) is 5.32 Å². The lowest BCUT2D eigenvalue weighted by Gasteiger charge is -2.42. The van der Waals surface area contributed by atoms with Crippen LogP contribution >= 0.6 is 0 Å². The Hall–Kier alpha value is -3.53. The molecule has 0 bridgehead atoms. The van der Waals surface area contributed by atoms with E-state index < -0.39 is 41.9 Å². The molecule has 2 N–H and O–H groups in total. The van der Waals surface area contributed by atoms with Crippen LogP contribution in [0.15, 0.2) is 65.3 Å². The van der Waals surface area contributed by atoms with Crippen molar-refractivity contribution in [2.24, 2.45) is 0 Å². The second kappa shape index (κ2) is 11.5. The van der Waals surface area contributed by atoms with Gasteiger partial charge in [0.25, 0.3) is 5.91 Å². The van der Waals surface area contributed by atoms with Crippen molar-refractivity contribution in [2.75, 3.05) is 31.6 Å². The summed E-state index contributed by atoms with van der Waals surface area (Å²) in [6.45, 7) is 3.89. The van der Waals surface area contributed by atoms with Crippen LogP contribution in [0.5, 0.6) is 5.75 Å². The average molecular weight is 537 g/mol. The van der Waals surface area contributed by atoms with E-state index in [1.807, 2.05) is 0 Å². The molecule has 3 rings (SSSR count). The highest BCUT2D eigenvalue weighted by atomic mass is 19.4. The number of methoxy groups -OCH3 is 1. The molecule has 1 aromatic heterocycles. The van der Waals surface area contributed by atoms with Gasteiger partial charge in [0.1, 0.15) is 11.6 Å². The lowest BCUT2D eigenvalue weighted by Crippen LogP contribution is -2.57. The van der Waals surface area contributed by atoms with Crippen molar-refractivity contribution in [2.45, 2.75) is 44.4 Å². The summed E-state index contributed by atoms with van der Waals surface area (Å²) in [5, 5.41) is 13.9. The third-order valence-electron chi connectivity index (χ3n) is 6.47. The Morgan fingerprint density at radius 3 is 2.42 bits per heavy atom. The van der Waals surface area contributed by atoms with E-state index in [4.69, 9.17) is 9.15 Å². The number of nitrogens with zero attached hydrogens (tertiary/aromatic N) is 1.